The van der Waals surface area contributed by atoms with Crippen molar-refractivity contribution in [2.75, 3.05) is 40.0 Å². The summed E-state index contributed by atoms with van der Waals surface area (Å²) in [4.78, 5) is 24.7. The molecule has 2 amide bonds. The largest absolute Gasteiger partial charge is 0.451 e. The number of piperazine rings is 1. The molecule has 1 aliphatic heterocycles. The number of hydroxylamine groups is 1. The Hall–Kier alpha value is -3.04. The number of benzene rings is 2. The second-order valence-corrected chi connectivity index (χ2v) is 9.76. The molecular formula is C22H26ClF2N3O8S. The number of rotatable bonds is 8. The maximum absolute atomic E-state index is 14.7. The molecule has 37 heavy (non-hydrogen) atoms. The minimum Gasteiger partial charge on any atom is -0.451 e. The van der Waals surface area contributed by atoms with Crippen molar-refractivity contribution in [1.29, 1.82) is 0 Å². The Bertz CT molecular complexity index is 1190. The van der Waals surface area contributed by atoms with Gasteiger partial charge in [-0.05, 0) is 36.4 Å². The lowest BCUT2D eigenvalue weighted by atomic mass is 10.2. The van der Waals surface area contributed by atoms with Crippen LogP contribution < -0.4 is 10.2 Å². The first-order valence-corrected chi connectivity index (χ1v) is 12.2. The Balaban J connectivity index is 0.00000481. The lowest BCUT2D eigenvalue weighted by molar-refractivity contribution is -0.134. The van der Waals surface area contributed by atoms with E-state index in [9.17, 15) is 26.8 Å². The fourth-order valence-electron chi connectivity index (χ4n) is 3.35. The Labute approximate surface area is 217 Å². The van der Waals surface area contributed by atoms with E-state index in [1.165, 1.54) is 36.9 Å². The molecule has 204 valence electrons. The lowest BCUT2D eigenvalue weighted by Crippen LogP contribution is -2.61. The van der Waals surface area contributed by atoms with E-state index in [1.54, 1.807) is 0 Å². The van der Waals surface area contributed by atoms with Crippen molar-refractivity contribution >= 4 is 33.6 Å². The van der Waals surface area contributed by atoms with Crippen molar-refractivity contribution in [3.8, 4) is 11.5 Å². The summed E-state index contributed by atoms with van der Waals surface area (Å²) in [7, 11) is -3.26. The SMILES string of the molecule is C.COCCOC(=O)N1CCN(S(=O)(=O)c2cc(F)c(Oc3ccc(Cl)cc3)c(F)c2)C(C(=O)NO)C1. The van der Waals surface area contributed by atoms with Gasteiger partial charge in [0.25, 0.3) is 5.91 Å². The van der Waals surface area contributed by atoms with Crippen LogP contribution in [-0.4, -0.2) is 80.8 Å². The van der Waals surface area contributed by atoms with Crippen LogP contribution in [0.15, 0.2) is 41.3 Å². The quantitative estimate of drug-likeness (QED) is 0.283. The van der Waals surface area contributed by atoms with E-state index in [0.717, 1.165) is 4.90 Å². The molecule has 3 rings (SSSR count). The maximum atomic E-state index is 14.7. The van der Waals surface area contributed by atoms with Gasteiger partial charge in [-0.3, -0.25) is 10.0 Å². The van der Waals surface area contributed by atoms with E-state index in [2.05, 4.69) is 0 Å². The summed E-state index contributed by atoms with van der Waals surface area (Å²) in [6, 6.07) is 5.08. The van der Waals surface area contributed by atoms with Gasteiger partial charge in [0.05, 0.1) is 11.5 Å². The Morgan fingerprint density at radius 1 is 1.14 bits per heavy atom. The third-order valence-corrected chi connectivity index (χ3v) is 7.27. The molecule has 2 aromatic carbocycles. The summed E-state index contributed by atoms with van der Waals surface area (Å²) in [6.45, 7) is -1.06. The normalized spacial score (nSPS) is 16.0. The average molecular weight is 566 g/mol. The molecule has 2 N–H and O–H groups in total. The maximum Gasteiger partial charge on any atom is 0.409 e. The molecule has 1 unspecified atom stereocenters. The first-order chi connectivity index (χ1) is 17.1. The van der Waals surface area contributed by atoms with Crippen LogP contribution in [-0.2, 0) is 24.3 Å². The number of carbonyl (C=O) groups is 2. The highest BCUT2D eigenvalue weighted by Crippen LogP contribution is 2.32. The van der Waals surface area contributed by atoms with Crippen molar-refractivity contribution in [3.05, 3.63) is 53.1 Å². The number of nitrogens with one attached hydrogen (secondary N) is 1. The molecule has 0 radical (unpaired) electrons. The van der Waals surface area contributed by atoms with Crippen molar-refractivity contribution in [1.82, 2.24) is 14.7 Å². The number of methoxy groups -OCH3 is 1. The van der Waals surface area contributed by atoms with Gasteiger partial charge in [0.1, 0.15) is 18.4 Å². The summed E-state index contributed by atoms with van der Waals surface area (Å²) in [5, 5.41) is 9.47. The zero-order chi connectivity index (χ0) is 26.5. The number of halogens is 3. The Kier molecular flexibility index (Phi) is 10.6. The van der Waals surface area contributed by atoms with Crippen molar-refractivity contribution in [2.45, 2.75) is 18.4 Å². The number of amides is 2. The van der Waals surface area contributed by atoms with Crippen molar-refractivity contribution in [3.63, 3.8) is 0 Å². The first-order valence-electron chi connectivity index (χ1n) is 10.4. The molecule has 15 heteroatoms. The van der Waals surface area contributed by atoms with Gasteiger partial charge < -0.3 is 19.1 Å². The van der Waals surface area contributed by atoms with Crippen LogP contribution in [0.25, 0.3) is 0 Å². The average Bonchev–Trinajstić information content (AvgIpc) is 2.86. The van der Waals surface area contributed by atoms with Gasteiger partial charge >= 0.3 is 6.09 Å². The standard InChI is InChI=1S/C21H22ClF2N3O8S.CH4/c1-33-8-9-34-21(29)26-6-7-27(18(12-26)20(28)25-30)36(31,32)15-10-16(23)19(17(24)11-15)35-14-4-2-13(22)3-5-14;/h2-5,10-11,18,30H,6-9,12H2,1H3,(H,25,28);1H4. The van der Waals surface area contributed by atoms with Crippen LogP contribution in [0.5, 0.6) is 11.5 Å². The van der Waals surface area contributed by atoms with Gasteiger partial charge in [-0.2, -0.15) is 4.31 Å². The van der Waals surface area contributed by atoms with E-state index in [1.807, 2.05) is 0 Å². The molecule has 0 aliphatic carbocycles. The van der Waals surface area contributed by atoms with E-state index >= 15 is 0 Å². The summed E-state index contributed by atoms with van der Waals surface area (Å²) in [6.07, 6.45) is -0.833. The minimum atomic E-state index is -4.67. The second kappa shape index (κ2) is 13.0. The zero-order valence-corrected chi connectivity index (χ0v) is 20.4. The number of ether oxygens (including phenoxy) is 3. The van der Waals surface area contributed by atoms with Gasteiger partial charge in [-0.15, -0.1) is 0 Å². The van der Waals surface area contributed by atoms with E-state index in [4.69, 9.17) is 31.0 Å². The van der Waals surface area contributed by atoms with Crippen LogP contribution in [0.1, 0.15) is 7.43 Å². The fourth-order valence-corrected chi connectivity index (χ4v) is 5.07. The molecule has 0 saturated carbocycles. The molecule has 11 nitrogen and oxygen atoms in total. The number of sulfonamides is 1. The van der Waals surface area contributed by atoms with Gasteiger partial charge in [-0.25, -0.2) is 27.5 Å². The van der Waals surface area contributed by atoms with E-state index in [-0.39, 0.29) is 32.9 Å². The van der Waals surface area contributed by atoms with Crippen LogP contribution in [0.4, 0.5) is 13.6 Å². The molecule has 0 bridgehead atoms. The number of nitrogens with zero attached hydrogens (tertiary/aromatic N) is 2. The van der Waals surface area contributed by atoms with Gasteiger partial charge in [0.2, 0.25) is 10.0 Å². The highest BCUT2D eigenvalue weighted by Gasteiger charge is 2.42. The van der Waals surface area contributed by atoms with Crippen LogP contribution in [0.3, 0.4) is 0 Å². The molecule has 1 heterocycles. The monoisotopic (exact) mass is 565 g/mol. The predicted octanol–water partition coefficient (Wildman–Crippen LogP) is 3.01. The number of hydrogen-bond donors (Lipinski definition) is 2. The van der Waals surface area contributed by atoms with Gasteiger partial charge in [0, 0.05) is 31.8 Å². The van der Waals surface area contributed by atoms with Crippen LogP contribution >= 0.6 is 11.6 Å². The number of hydrogen-bond acceptors (Lipinski definition) is 8. The Morgan fingerprint density at radius 3 is 2.32 bits per heavy atom. The summed E-state index contributed by atoms with van der Waals surface area (Å²) < 4.78 is 71.5. The predicted molar refractivity (Wildman–Crippen MR) is 127 cm³/mol. The summed E-state index contributed by atoms with van der Waals surface area (Å²) in [5.74, 6) is -4.57. The van der Waals surface area contributed by atoms with Gasteiger partial charge in [-0.1, -0.05) is 19.0 Å². The highest BCUT2D eigenvalue weighted by atomic mass is 35.5. The first kappa shape index (κ1) is 30.2. The molecule has 1 aliphatic rings. The molecule has 1 atom stereocenters. The Morgan fingerprint density at radius 2 is 1.76 bits per heavy atom. The highest BCUT2D eigenvalue weighted by molar-refractivity contribution is 7.89. The van der Waals surface area contributed by atoms with Crippen LogP contribution in [0, 0.1) is 11.6 Å². The molecule has 2 aromatic rings. The number of carbonyl (C=O) groups excluding carboxylic acids is 2. The van der Waals surface area contributed by atoms with Crippen molar-refractivity contribution in [2.24, 2.45) is 0 Å². The topological polar surface area (TPSA) is 135 Å². The molecule has 1 fully saturated rings. The molecular weight excluding hydrogens is 540 g/mol. The van der Waals surface area contributed by atoms with E-state index in [0.29, 0.717) is 21.5 Å². The second-order valence-electron chi connectivity index (χ2n) is 7.43. The third kappa shape index (κ3) is 7.05. The molecule has 0 aromatic heterocycles. The summed E-state index contributed by atoms with van der Waals surface area (Å²) in [5.41, 5.74) is 1.34. The fraction of sp³-hybridized carbons (Fsp3) is 0.364. The zero-order valence-electron chi connectivity index (χ0n) is 18.8. The molecule has 1 saturated heterocycles. The summed E-state index contributed by atoms with van der Waals surface area (Å²) >= 11 is 5.77. The van der Waals surface area contributed by atoms with Crippen molar-refractivity contribution < 1.29 is 46.2 Å². The smallest absolute Gasteiger partial charge is 0.409 e. The lowest BCUT2D eigenvalue weighted by Gasteiger charge is -2.38. The van der Waals surface area contributed by atoms with E-state index < -0.39 is 63.4 Å². The third-order valence-electron chi connectivity index (χ3n) is 5.13. The minimum absolute atomic E-state index is 0. The molecule has 0 spiro atoms. The van der Waals surface area contributed by atoms with Crippen LogP contribution in [0.2, 0.25) is 5.02 Å². The van der Waals surface area contributed by atoms with Gasteiger partial charge in [0.15, 0.2) is 17.4 Å².